The Morgan fingerprint density at radius 3 is 2.81 bits per heavy atom. The van der Waals surface area contributed by atoms with Crippen LogP contribution in [0.25, 0.3) is 0 Å². The van der Waals surface area contributed by atoms with Gasteiger partial charge in [-0.3, -0.25) is 4.90 Å². The summed E-state index contributed by atoms with van der Waals surface area (Å²) >= 11 is 0. The number of hydrogen-bond acceptors (Lipinski definition) is 4. The second-order valence-corrected chi connectivity index (χ2v) is 6.01. The molecule has 1 heterocycles. The average molecular weight is 289 g/mol. The van der Waals surface area contributed by atoms with E-state index in [-0.39, 0.29) is 11.9 Å². The van der Waals surface area contributed by atoms with E-state index in [1.807, 2.05) is 12.1 Å². The Balaban J connectivity index is 1.65. The van der Waals surface area contributed by atoms with Crippen molar-refractivity contribution >= 4 is 5.84 Å². The first kappa shape index (κ1) is 14.2. The van der Waals surface area contributed by atoms with Crippen molar-refractivity contribution in [2.24, 2.45) is 10.9 Å². The zero-order chi connectivity index (χ0) is 14.7. The minimum absolute atomic E-state index is 0.162. The summed E-state index contributed by atoms with van der Waals surface area (Å²) in [7, 11) is 0. The van der Waals surface area contributed by atoms with E-state index < -0.39 is 0 Å². The number of oxime groups is 1. The van der Waals surface area contributed by atoms with Crippen molar-refractivity contribution in [3.05, 3.63) is 29.8 Å². The lowest BCUT2D eigenvalue weighted by Gasteiger charge is -2.30. The van der Waals surface area contributed by atoms with Crippen molar-refractivity contribution in [3.63, 3.8) is 0 Å². The lowest BCUT2D eigenvalue weighted by atomic mass is 10.1. The van der Waals surface area contributed by atoms with Crippen LogP contribution in [0.15, 0.2) is 29.4 Å². The van der Waals surface area contributed by atoms with Crippen LogP contribution in [-0.2, 0) is 6.42 Å². The van der Waals surface area contributed by atoms with Gasteiger partial charge in [-0.15, -0.1) is 0 Å². The fourth-order valence-corrected chi connectivity index (χ4v) is 3.47. The third-order valence-corrected chi connectivity index (χ3v) is 4.49. The maximum atomic E-state index is 8.83. The van der Waals surface area contributed by atoms with E-state index in [0.717, 1.165) is 18.7 Å². The molecule has 5 nitrogen and oxygen atoms in total. The number of ether oxygens (including phenoxy) is 1. The van der Waals surface area contributed by atoms with Crippen molar-refractivity contribution in [2.75, 3.05) is 13.1 Å². The summed E-state index contributed by atoms with van der Waals surface area (Å²) in [6.45, 7) is 1.34. The van der Waals surface area contributed by atoms with E-state index in [1.54, 1.807) is 0 Å². The molecule has 0 amide bonds. The van der Waals surface area contributed by atoms with Gasteiger partial charge in [-0.2, -0.15) is 0 Å². The molecule has 1 aromatic carbocycles. The first-order valence-corrected chi connectivity index (χ1v) is 7.71. The third-order valence-electron chi connectivity index (χ3n) is 4.49. The van der Waals surface area contributed by atoms with Gasteiger partial charge in [0.15, 0.2) is 5.84 Å². The Bertz CT molecular complexity index is 487. The van der Waals surface area contributed by atoms with E-state index >= 15 is 0 Å². The summed E-state index contributed by atoms with van der Waals surface area (Å²) in [6.07, 6.45) is 6.02. The lowest BCUT2D eigenvalue weighted by Crippen LogP contribution is -2.45. The Hall–Kier alpha value is -1.75. The SMILES string of the molecule is NC(CN(CC1Cc2ccccc2O1)C1CCCC1)=NO. The molecule has 5 heteroatoms. The zero-order valence-corrected chi connectivity index (χ0v) is 12.2. The molecule has 3 N–H and O–H groups in total. The van der Waals surface area contributed by atoms with Gasteiger partial charge in [-0.05, 0) is 24.5 Å². The minimum atomic E-state index is 0.162. The van der Waals surface area contributed by atoms with Gasteiger partial charge in [0.25, 0.3) is 0 Å². The molecule has 1 unspecified atom stereocenters. The average Bonchev–Trinajstić information content (AvgIpc) is 3.15. The minimum Gasteiger partial charge on any atom is -0.488 e. The molecule has 0 aromatic heterocycles. The van der Waals surface area contributed by atoms with Crippen LogP contribution in [0, 0.1) is 0 Å². The van der Waals surface area contributed by atoms with Gasteiger partial charge in [0, 0.05) is 19.0 Å². The maximum Gasteiger partial charge on any atom is 0.153 e. The monoisotopic (exact) mass is 289 g/mol. The van der Waals surface area contributed by atoms with Crippen LogP contribution in [-0.4, -0.2) is 41.2 Å². The molecule has 1 aliphatic heterocycles. The van der Waals surface area contributed by atoms with Gasteiger partial charge < -0.3 is 15.7 Å². The van der Waals surface area contributed by atoms with Crippen molar-refractivity contribution in [3.8, 4) is 5.75 Å². The van der Waals surface area contributed by atoms with Crippen molar-refractivity contribution in [1.82, 2.24) is 4.90 Å². The topological polar surface area (TPSA) is 71.1 Å². The molecule has 1 fully saturated rings. The summed E-state index contributed by atoms with van der Waals surface area (Å²) < 4.78 is 6.03. The van der Waals surface area contributed by atoms with Crippen molar-refractivity contribution in [2.45, 2.75) is 44.2 Å². The molecule has 0 saturated heterocycles. The smallest absolute Gasteiger partial charge is 0.153 e. The number of rotatable bonds is 5. The first-order chi connectivity index (χ1) is 10.3. The fraction of sp³-hybridized carbons (Fsp3) is 0.562. The number of amidine groups is 1. The first-order valence-electron chi connectivity index (χ1n) is 7.71. The molecule has 1 saturated carbocycles. The van der Waals surface area contributed by atoms with Gasteiger partial charge in [0.1, 0.15) is 11.9 Å². The molecule has 1 aliphatic carbocycles. The molecule has 0 radical (unpaired) electrons. The standard InChI is InChI=1S/C16H23N3O2/c17-16(18-20)11-19(13-6-2-3-7-13)10-14-9-12-5-1-4-8-15(12)21-14/h1,4-5,8,13-14,20H,2-3,6-7,9-11H2,(H2,17,18). The highest BCUT2D eigenvalue weighted by atomic mass is 16.5. The van der Waals surface area contributed by atoms with Crippen molar-refractivity contribution in [1.29, 1.82) is 0 Å². The van der Waals surface area contributed by atoms with Crippen LogP contribution in [0.1, 0.15) is 31.2 Å². The second-order valence-electron chi connectivity index (χ2n) is 6.01. The molecular formula is C16H23N3O2. The summed E-state index contributed by atoms with van der Waals surface area (Å²) in [4.78, 5) is 2.32. The number of benzene rings is 1. The van der Waals surface area contributed by atoms with Gasteiger partial charge in [0.05, 0.1) is 6.54 Å². The van der Waals surface area contributed by atoms with Crippen LogP contribution in [0.5, 0.6) is 5.75 Å². The predicted octanol–water partition coefficient (Wildman–Crippen LogP) is 1.98. The van der Waals surface area contributed by atoms with Crippen LogP contribution in [0.4, 0.5) is 0 Å². The van der Waals surface area contributed by atoms with E-state index in [9.17, 15) is 0 Å². The largest absolute Gasteiger partial charge is 0.488 e. The molecule has 3 rings (SSSR count). The summed E-state index contributed by atoms with van der Waals surface area (Å²) in [5, 5.41) is 12.0. The third kappa shape index (κ3) is 3.29. The highest BCUT2D eigenvalue weighted by Gasteiger charge is 2.29. The molecule has 1 atom stereocenters. The van der Waals surface area contributed by atoms with Crippen LogP contribution >= 0.6 is 0 Å². The number of nitrogens with two attached hydrogens (primary N) is 1. The molecule has 0 spiro atoms. The highest BCUT2D eigenvalue weighted by molar-refractivity contribution is 5.81. The predicted molar refractivity (Wildman–Crippen MR) is 81.8 cm³/mol. The lowest BCUT2D eigenvalue weighted by molar-refractivity contribution is 0.130. The number of fused-ring (bicyclic) bond motifs is 1. The van der Waals surface area contributed by atoms with E-state index in [0.29, 0.717) is 12.6 Å². The van der Waals surface area contributed by atoms with Crippen LogP contribution in [0.2, 0.25) is 0 Å². The van der Waals surface area contributed by atoms with Crippen molar-refractivity contribution < 1.29 is 9.94 Å². The van der Waals surface area contributed by atoms with Gasteiger partial charge in [-0.25, -0.2) is 0 Å². The van der Waals surface area contributed by atoms with E-state index in [2.05, 4.69) is 22.2 Å². The Labute approximate surface area is 125 Å². The molecule has 21 heavy (non-hydrogen) atoms. The van der Waals surface area contributed by atoms with E-state index in [4.69, 9.17) is 15.7 Å². The highest BCUT2D eigenvalue weighted by Crippen LogP contribution is 2.30. The Morgan fingerprint density at radius 1 is 1.33 bits per heavy atom. The fourth-order valence-electron chi connectivity index (χ4n) is 3.47. The number of para-hydroxylation sites is 1. The Morgan fingerprint density at radius 2 is 2.10 bits per heavy atom. The van der Waals surface area contributed by atoms with Gasteiger partial charge in [0.2, 0.25) is 0 Å². The molecular weight excluding hydrogens is 266 g/mol. The van der Waals surface area contributed by atoms with Gasteiger partial charge >= 0.3 is 0 Å². The molecule has 2 aliphatic rings. The number of hydrogen-bond donors (Lipinski definition) is 2. The quantitative estimate of drug-likeness (QED) is 0.376. The molecule has 1 aromatic rings. The maximum absolute atomic E-state index is 8.83. The second kappa shape index (κ2) is 6.35. The molecule has 0 bridgehead atoms. The summed E-state index contributed by atoms with van der Waals surface area (Å²) in [6, 6.07) is 8.73. The van der Waals surface area contributed by atoms with E-state index in [1.165, 1.54) is 31.2 Å². The number of nitrogens with zero attached hydrogens (tertiary/aromatic N) is 2. The zero-order valence-electron chi connectivity index (χ0n) is 12.2. The summed E-state index contributed by atoms with van der Waals surface area (Å²) in [5.41, 5.74) is 6.99. The van der Waals surface area contributed by atoms with Crippen LogP contribution < -0.4 is 10.5 Å². The normalized spacial score (nSPS) is 22.5. The van der Waals surface area contributed by atoms with Crippen LogP contribution in [0.3, 0.4) is 0 Å². The molecule has 114 valence electrons. The summed E-state index contributed by atoms with van der Waals surface area (Å²) in [5.74, 6) is 1.27. The Kier molecular flexibility index (Phi) is 4.29. The van der Waals surface area contributed by atoms with Gasteiger partial charge in [-0.1, -0.05) is 36.2 Å².